The van der Waals surface area contributed by atoms with Crippen molar-refractivity contribution in [3.8, 4) is 16.9 Å². The molecule has 0 saturated carbocycles. The molecule has 1 aliphatic carbocycles. The van der Waals surface area contributed by atoms with Gasteiger partial charge in [-0.3, -0.25) is 0 Å². The molecule has 0 saturated heterocycles. The molecule has 0 aliphatic heterocycles. The van der Waals surface area contributed by atoms with Crippen molar-refractivity contribution in [3.05, 3.63) is 76.0 Å². The molecule has 2 nitrogen and oxygen atoms in total. The minimum Gasteiger partial charge on any atom is -0.422 e. The smallest absolute Gasteiger partial charge is 0.353 e. The standard InChI is InChI=1S/C18H12O2S/c19-18(17-9-4-10-21-17)20-16-8-3-7-14-13-6-2-1-5-12(13)11-15(14)16/h1-10H,11H2. The molecular formula is C18H12O2S. The number of ether oxygens (including phenoxy) is 1. The van der Waals surface area contributed by atoms with E-state index in [1.54, 1.807) is 6.07 Å². The Balaban J connectivity index is 1.72. The number of benzene rings is 2. The van der Waals surface area contributed by atoms with E-state index in [2.05, 4.69) is 18.2 Å². The van der Waals surface area contributed by atoms with E-state index in [4.69, 9.17) is 4.74 Å². The lowest BCUT2D eigenvalue weighted by Crippen LogP contribution is -2.07. The summed E-state index contributed by atoms with van der Waals surface area (Å²) in [5.74, 6) is 0.386. The maximum absolute atomic E-state index is 12.1. The Morgan fingerprint density at radius 3 is 2.67 bits per heavy atom. The van der Waals surface area contributed by atoms with Crippen LogP contribution in [0.2, 0.25) is 0 Å². The third-order valence-electron chi connectivity index (χ3n) is 3.73. The van der Waals surface area contributed by atoms with Gasteiger partial charge in [-0.15, -0.1) is 11.3 Å². The summed E-state index contributed by atoms with van der Waals surface area (Å²) in [5, 5.41) is 1.88. The van der Waals surface area contributed by atoms with Crippen molar-refractivity contribution in [1.82, 2.24) is 0 Å². The van der Waals surface area contributed by atoms with Gasteiger partial charge in [0, 0.05) is 12.0 Å². The van der Waals surface area contributed by atoms with Gasteiger partial charge in [-0.25, -0.2) is 4.79 Å². The molecule has 0 unspecified atom stereocenters. The number of esters is 1. The molecule has 1 aromatic heterocycles. The molecule has 21 heavy (non-hydrogen) atoms. The average Bonchev–Trinajstić information content (AvgIpc) is 3.15. The number of carbonyl (C=O) groups is 1. The zero-order chi connectivity index (χ0) is 14.2. The zero-order valence-electron chi connectivity index (χ0n) is 11.2. The van der Waals surface area contributed by atoms with E-state index in [1.807, 2.05) is 35.7 Å². The van der Waals surface area contributed by atoms with E-state index < -0.39 is 0 Å². The molecule has 0 amide bonds. The van der Waals surface area contributed by atoms with E-state index in [0.717, 1.165) is 12.0 Å². The number of fused-ring (bicyclic) bond motifs is 3. The highest BCUT2D eigenvalue weighted by atomic mass is 32.1. The van der Waals surface area contributed by atoms with Gasteiger partial charge in [-0.05, 0) is 34.2 Å². The Labute approximate surface area is 126 Å². The average molecular weight is 292 g/mol. The molecule has 3 heteroatoms. The SMILES string of the molecule is O=C(Oc1cccc2c1Cc1ccccc1-2)c1cccs1. The maximum Gasteiger partial charge on any atom is 0.353 e. The Morgan fingerprint density at radius 2 is 1.81 bits per heavy atom. The minimum absolute atomic E-state index is 0.283. The first kappa shape index (κ1) is 12.4. The van der Waals surface area contributed by atoms with E-state index in [0.29, 0.717) is 10.6 Å². The first-order valence-electron chi connectivity index (χ1n) is 6.79. The van der Waals surface area contributed by atoms with Gasteiger partial charge >= 0.3 is 5.97 Å². The molecule has 1 aliphatic rings. The molecule has 0 fully saturated rings. The third-order valence-corrected chi connectivity index (χ3v) is 4.58. The van der Waals surface area contributed by atoms with Crippen molar-refractivity contribution in [2.75, 3.05) is 0 Å². The second-order valence-corrected chi connectivity index (χ2v) is 5.93. The summed E-state index contributed by atoms with van der Waals surface area (Å²) >= 11 is 1.40. The lowest BCUT2D eigenvalue weighted by Gasteiger charge is -2.08. The van der Waals surface area contributed by atoms with Crippen molar-refractivity contribution >= 4 is 17.3 Å². The van der Waals surface area contributed by atoms with Crippen LogP contribution in [0.25, 0.3) is 11.1 Å². The molecule has 3 aromatic rings. The minimum atomic E-state index is -0.283. The highest BCUT2D eigenvalue weighted by Crippen LogP contribution is 2.41. The van der Waals surface area contributed by atoms with Crippen LogP contribution in [0.1, 0.15) is 20.8 Å². The second kappa shape index (κ2) is 4.86. The summed E-state index contributed by atoms with van der Waals surface area (Å²) < 4.78 is 5.60. The number of thiophene rings is 1. The highest BCUT2D eigenvalue weighted by Gasteiger charge is 2.22. The van der Waals surface area contributed by atoms with Crippen molar-refractivity contribution in [2.45, 2.75) is 6.42 Å². The Kier molecular flexibility index (Phi) is 2.86. The Bertz CT molecular complexity index is 819. The lowest BCUT2D eigenvalue weighted by molar-refractivity contribution is 0.0738. The molecule has 0 atom stereocenters. The van der Waals surface area contributed by atoms with Crippen molar-refractivity contribution in [2.24, 2.45) is 0 Å². The first-order chi connectivity index (χ1) is 10.3. The van der Waals surface area contributed by atoms with Crippen LogP contribution in [0.3, 0.4) is 0 Å². The topological polar surface area (TPSA) is 26.3 Å². The summed E-state index contributed by atoms with van der Waals surface area (Å²) in [6.45, 7) is 0. The predicted molar refractivity (Wildman–Crippen MR) is 84.0 cm³/mol. The van der Waals surface area contributed by atoms with Crippen molar-refractivity contribution in [1.29, 1.82) is 0 Å². The van der Waals surface area contributed by atoms with Gasteiger partial charge in [-0.2, -0.15) is 0 Å². The van der Waals surface area contributed by atoms with Gasteiger partial charge in [0.05, 0.1) is 0 Å². The van der Waals surface area contributed by atoms with Crippen LogP contribution in [0.15, 0.2) is 60.0 Å². The van der Waals surface area contributed by atoms with Gasteiger partial charge in [0.15, 0.2) is 0 Å². The van der Waals surface area contributed by atoms with E-state index >= 15 is 0 Å². The highest BCUT2D eigenvalue weighted by molar-refractivity contribution is 7.12. The quantitative estimate of drug-likeness (QED) is 0.400. The summed E-state index contributed by atoms with van der Waals surface area (Å²) in [7, 11) is 0. The van der Waals surface area contributed by atoms with Crippen LogP contribution in [-0.4, -0.2) is 5.97 Å². The van der Waals surface area contributed by atoms with Crippen molar-refractivity contribution < 1.29 is 9.53 Å². The fourth-order valence-corrected chi connectivity index (χ4v) is 3.37. The summed E-state index contributed by atoms with van der Waals surface area (Å²) in [4.78, 5) is 12.8. The first-order valence-corrected chi connectivity index (χ1v) is 7.67. The van der Waals surface area contributed by atoms with E-state index in [-0.39, 0.29) is 5.97 Å². The van der Waals surface area contributed by atoms with Crippen LogP contribution in [0.4, 0.5) is 0 Å². The molecular weight excluding hydrogens is 280 g/mol. The van der Waals surface area contributed by atoms with Crippen LogP contribution in [0.5, 0.6) is 5.75 Å². The number of carbonyl (C=O) groups excluding carboxylic acids is 1. The van der Waals surface area contributed by atoms with Gasteiger partial charge in [0.2, 0.25) is 0 Å². The van der Waals surface area contributed by atoms with Crippen LogP contribution in [0, 0.1) is 0 Å². The number of rotatable bonds is 2. The fourth-order valence-electron chi connectivity index (χ4n) is 2.77. The summed E-state index contributed by atoms with van der Waals surface area (Å²) in [6.07, 6.45) is 0.819. The second-order valence-electron chi connectivity index (χ2n) is 4.98. The lowest BCUT2D eigenvalue weighted by atomic mass is 10.1. The Hall–Kier alpha value is -2.39. The molecule has 0 spiro atoms. The van der Waals surface area contributed by atoms with Crippen LogP contribution >= 0.6 is 11.3 Å². The summed E-state index contributed by atoms with van der Waals surface area (Å²) in [5.41, 5.74) is 4.79. The van der Waals surface area contributed by atoms with Gasteiger partial charge < -0.3 is 4.74 Å². The molecule has 0 N–H and O–H groups in total. The van der Waals surface area contributed by atoms with Crippen molar-refractivity contribution in [3.63, 3.8) is 0 Å². The fraction of sp³-hybridized carbons (Fsp3) is 0.0556. The summed E-state index contributed by atoms with van der Waals surface area (Å²) in [6, 6.07) is 17.9. The normalized spacial score (nSPS) is 11.8. The predicted octanol–water partition coefficient (Wildman–Crippen LogP) is 4.54. The third kappa shape index (κ3) is 2.06. The number of hydrogen-bond donors (Lipinski definition) is 0. The Morgan fingerprint density at radius 1 is 0.952 bits per heavy atom. The molecule has 0 radical (unpaired) electrons. The molecule has 1 heterocycles. The molecule has 0 bridgehead atoms. The molecule has 2 aromatic carbocycles. The van der Waals surface area contributed by atoms with Crippen LogP contribution < -0.4 is 4.74 Å². The van der Waals surface area contributed by atoms with E-state index in [1.165, 1.54) is 28.0 Å². The van der Waals surface area contributed by atoms with E-state index in [9.17, 15) is 4.79 Å². The van der Waals surface area contributed by atoms with Gasteiger partial charge in [0.1, 0.15) is 10.6 Å². The largest absolute Gasteiger partial charge is 0.422 e. The van der Waals surface area contributed by atoms with Gasteiger partial charge in [0.25, 0.3) is 0 Å². The van der Waals surface area contributed by atoms with Crippen LogP contribution in [-0.2, 0) is 6.42 Å². The molecule has 4 rings (SSSR count). The van der Waals surface area contributed by atoms with Gasteiger partial charge in [-0.1, -0.05) is 42.5 Å². The maximum atomic E-state index is 12.1. The number of hydrogen-bond acceptors (Lipinski definition) is 3. The molecule has 102 valence electrons. The monoisotopic (exact) mass is 292 g/mol. The zero-order valence-corrected chi connectivity index (χ0v) is 12.0.